The molecule has 2 aromatic rings. The molecule has 1 heterocycles. The van der Waals surface area contributed by atoms with E-state index in [-0.39, 0.29) is 31.2 Å². The molecule has 3 amide bonds. The number of carbonyl (C=O) groups is 3. The number of benzene rings is 2. The van der Waals surface area contributed by atoms with Gasteiger partial charge in [-0.05, 0) is 41.6 Å². The second-order valence-corrected chi connectivity index (χ2v) is 7.45. The van der Waals surface area contributed by atoms with Gasteiger partial charge in [-0.25, -0.2) is 4.90 Å². The van der Waals surface area contributed by atoms with Crippen molar-refractivity contribution in [2.45, 2.75) is 18.2 Å². The summed E-state index contributed by atoms with van der Waals surface area (Å²) in [5.74, 6) is -0.732. The van der Waals surface area contributed by atoms with Gasteiger partial charge in [0.05, 0.1) is 12.3 Å². The number of hydrogen-bond acceptors (Lipinski definition) is 6. The number of nitrogens with zero attached hydrogens (tertiary/aromatic N) is 2. The molecule has 0 aromatic heterocycles. The molecule has 1 fully saturated rings. The van der Waals surface area contributed by atoms with Crippen LogP contribution in [0.15, 0.2) is 54.6 Å². The Morgan fingerprint density at radius 3 is 2.39 bits per heavy atom. The smallest absolute Gasteiger partial charge is 0.293 e. The van der Waals surface area contributed by atoms with Crippen LogP contribution in [-0.2, 0) is 16.1 Å². The number of aliphatic hydroxyl groups is 1. The third-order valence-corrected chi connectivity index (χ3v) is 5.37. The van der Waals surface area contributed by atoms with Crippen LogP contribution in [-0.4, -0.2) is 50.6 Å². The van der Waals surface area contributed by atoms with Crippen molar-refractivity contribution in [3.05, 3.63) is 60.2 Å². The number of carbonyl (C=O) groups excluding carboxylic acids is 3. The zero-order valence-electron chi connectivity index (χ0n) is 15.0. The number of imide groups is 1. The molecule has 2 N–H and O–H groups in total. The molecular formula is C20H20N2O5S. The maximum absolute atomic E-state index is 12.7. The van der Waals surface area contributed by atoms with Crippen LogP contribution < -0.4 is 4.90 Å². The minimum absolute atomic E-state index is 0.0304. The third kappa shape index (κ3) is 4.52. The molecule has 1 atom stereocenters. The zero-order valence-corrected chi connectivity index (χ0v) is 15.8. The molecule has 2 aromatic carbocycles. The van der Waals surface area contributed by atoms with Gasteiger partial charge in [0.15, 0.2) is 0 Å². The van der Waals surface area contributed by atoms with Crippen LogP contribution >= 0.6 is 11.8 Å². The van der Waals surface area contributed by atoms with E-state index in [0.717, 1.165) is 22.2 Å². The topological polar surface area (TPSA) is 98.2 Å². The maximum atomic E-state index is 12.7. The highest BCUT2D eigenvalue weighted by Crippen LogP contribution is 2.34. The van der Waals surface area contributed by atoms with E-state index in [2.05, 4.69) is 0 Å². The number of phenolic OH excluding ortho intramolecular Hbond substituents is 1. The summed E-state index contributed by atoms with van der Waals surface area (Å²) in [7, 11) is 0. The molecular weight excluding hydrogens is 380 g/mol. The first-order chi connectivity index (χ1) is 13.5. The van der Waals surface area contributed by atoms with Gasteiger partial charge in [0.25, 0.3) is 5.24 Å². The van der Waals surface area contributed by atoms with Crippen molar-refractivity contribution in [1.82, 2.24) is 4.90 Å². The number of aromatic hydroxyl groups is 1. The van der Waals surface area contributed by atoms with Crippen LogP contribution in [0.2, 0.25) is 0 Å². The van der Waals surface area contributed by atoms with Gasteiger partial charge in [-0.15, -0.1) is 0 Å². The lowest BCUT2D eigenvalue weighted by Crippen LogP contribution is -2.37. The number of hydrogen-bond donors (Lipinski definition) is 2. The van der Waals surface area contributed by atoms with Crippen LogP contribution in [0.3, 0.4) is 0 Å². The van der Waals surface area contributed by atoms with E-state index in [0.29, 0.717) is 12.2 Å². The fourth-order valence-electron chi connectivity index (χ4n) is 2.93. The van der Waals surface area contributed by atoms with Gasteiger partial charge >= 0.3 is 0 Å². The Balaban J connectivity index is 1.69. The largest absolute Gasteiger partial charge is 0.508 e. The standard InChI is InChI=1S/C20H20N2O5S/c23-11-10-21(13-14-4-2-1-3-5-14)18(25)12-17-19(26)22(20(27)28-17)15-6-8-16(24)9-7-15/h1-9,17,23-24H,10-13H2. The molecule has 3 rings (SSSR count). The molecule has 146 valence electrons. The molecule has 1 aliphatic rings. The summed E-state index contributed by atoms with van der Waals surface area (Å²) >= 11 is 0.816. The molecule has 0 bridgehead atoms. The minimum atomic E-state index is -0.814. The molecule has 0 radical (unpaired) electrons. The van der Waals surface area contributed by atoms with Crippen LogP contribution in [0, 0.1) is 0 Å². The summed E-state index contributed by atoms with van der Waals surface area (Å²) in [5.41, 5.74) is 1.27. The van der Waals surface area contributed by atoms with E-state index in [1.165, 1.54) is 29.2 Å². The van der Waals surface area contributed by atoms with E-state index in [9.17, 15) is 24.6 Å². The predicted molar refractivity (Wildman–Crippen MR) is 106 cm³/mol. The van der Waals surface area contributed by atoms with E-state index >= 15 is 0 Å². The average molecular weight is 400 g/mol. The fraction of sp³-hybridized carbons (Fsp3) is 0.250. The van der Waals surface area contributed by atoms with Crippen molar-refractivity contribution in [2.24, 2.45) is 0 Å². The summed E-state index contributed by atoms with van der Waals surface area (Å²) in [4.78, 5) is 40.2. The van der Waals surface area contributed by atoms with Crippen molar-refractivity contribution >= 4 is 34.5 Å². The fourth-order valence-corrected chi connectivity index (χ4v) is 3.90. The molecule has 0 aliphatic carbocycles. The maximum Gasteiger partial charge on any atom is 0.293 e. The van der Waals surface area contributed by atoms with Gasteiger partial charge in [0.1, 0.15) is 11.0 Å². The van der Waals surface area contributed by atoms with Crippen molar-refractivity contribution < 1.29 is 24.6 Å². The number of amides is 3. The highest BCUT2D eigenvalue weighted by atomic mass is 32.2. The van der Waals surface area contributed by atoms with E-state index in [1.807, 2.05) is 30.3 Å². The lowest BCUT2D eigenvalue weighted by Gasteiger charge is -2.23. The summed E-state index contributed by atoms with van der Waals surface area (Å²) in [5, 5.41) is 17.4. The molecule has 1 aliphatic heterocycles. The van der Waals surface area contributed by atoms with E-state index in [4.69, 9.17) is 0 Å². The van der Waals surface area contributed by atoms with Gasteiger partial charge in [0.2, 0.25) is 11.8 Å². The zero-order chi connectivity index (χ0) is 20.1. The number of rotatable bonds is 7. The summed E-state index contributed by atoms with van der Waals surface area (Å²) in [6.07, 6.45) is -0.128. The Bertz CT molecular complexity index is 857. The van der Waals surface area contributed by atoms with Crippen LogP contribution in [0.5, 0.6) is 5.75 Å². The first-order valence-corrected chi connectivity index (χ1v) is 9.63. The number of phenols is 1. The van der Waals surface area contributed by atoms with Crippen molar-refractivity contribution in [2.75, 3.05) is 18.1 Å². The molecule has 8 heteroatoms. The number of thioether (sulfide) groups is 1. The van der Waals surface area contributed by atoms with Crippen molar-refractivity contribution in [3.8, 4) is 5.75 Å². The lowest BCUT2D eigenvalue weighted by molar-refractivity contribution is -0.133. The predicted octanol–water partition coefficient (Wildman–Crippen LogP) is 2.37. The Morgan fingerprint density at radius 2 is 1.75 bits per heavy atom. The normalized spacial score (nSPS) is 16.5. The minimum Gasteiger partial charge on any atom is -0.508 e. The molecule has 28 heavy (non-hydrogen) atoms. The van der Waals surface area contributed by atoms with Gasteiger partial charge in [-0.2, -0.15) is 0 Å². The Hall–Kier alpha value is -2.84. The first-order valence-electron chi connectivity index (χ1n) is 8.75. The molecule has 0 spiro atoms. The Kier molecular flexibility index (Phi) is 6.33. The molecule has 0 saturated carbocycles. The van der Waals surface area contributed by atoms with Gasteiger partial charge in [-0.1, -0.05) is 30.3 Å². The second kappa shape index (κ2) is 8.90. The monoisotopic (exact) mass is 400 g/mol. The summed E-state index contributed by atoms with van der Waals surface area (Å²) < 4.78 is 0. The molecule has 1 unspecified atom stereocenters. The summed E-state index contributed by atoms with van der Waals surface area (Å²) in [6.45, 7) is 0.277. The Morgan fingerprint density at radius 1 is 1.07 bits per heavy atom. The SMILES string of the molecule is O=C(CC1SC(=O)N(c2ccc(O)cc2)C1=O)N(CCO)Cc1ccccc1. The van der Waals surface area contributed by atoms with Gasteiger partial charge in [-0.3, -0.25) is 14.4 Å². The highest BCUT2D eigenvalue weighted by molar-refractivity contribution is 8.15. The van der Waals surface area contributed by atoms with Crippen LogP contribution in [0.1, 0.15) is 12.0 Å². The molecule has 1 saturated heterocycles. The Labute approximate surface area is 166 Å². The summed E-state index contributed by atoms with van der Waals surface area (Å²) in [6, 6.07) is 15.1. The average Bonchev–Trinajstić information content (AvgIpc) is 2.96. The number of anilines is 1. The second-order valence-electron chi connectivity index (χ2n) is 6.29. The van der Waals surface area contributed by atoms with Gasteiger partial charge in [0, 0.05) is 19.5 Å². The quantitative estimate of drug-likeness (QED) is 0.741. The molecule has 7 nitrogen and oxygen atoms in total. The van der Waals surface area contributed by atoms with Crippen molar-refractivity contribution in [3.63, 3.8) is 0 Å². The number of aliphatic hydroxyl groups excluding tert-OH is 1. The van der Waals surface area contributed by atoms with Crippen LogP contribution in [0.4, 0.5) is 10.5 Å². The highest BCUT2D eigenvalue weighted by Gasteiger charge is 2.42. The first kappa shape index (κ1) is 19.9. The van der Waals surface area contributed by atoms with E-state index in [1.54, 1.807) is 0 Å². The van der Waals surface area contributed by atoms with E-state index < -0.39 is 16.4 Å². The van der Waals surface area contributed by atoms with Crippen molar-refractivity contribution in [1.29, 1.82) is 0 Å². The van der Waals surface area contributed by atoms with Crippen LogP contribution in [0.25, 0.3) is 0 Å². The third-order valence-electron chi connectivity index (χ3n) is 4.33. The lowest BCUT2D eigenvalue weighted by atomic mass is 10.2. The van der Waals surface area contributed by atoms with Gasteiger partial charge < -0.3 is 15.1 Å².